The summed E-state index contributed by atoms with van der Waals surface area (Å²) < 4.78 is 38.0. The van der Waals surface area contributed by atoms with Crippen LogP contribution in [0.15, 0.2) is 133 Å². The first kappa shape index (κ1) is 35.9. The van der Waals surface area contributed by atoms with Crippen molar-refractivity contribution in [2.45, 2.75) is 39.6 Å². The predicted octanol–water partition coefficient (Wildman–Crippen LogP) is 8.67. The van der Waals surface area contributed by atoms with Crippen molar-refractivity contribution in [2.75, 3.05) is 14.2 Å². The van der Waals surface area contributed by atoms with Crippen LogP contribution in [0, 0.1) is 0 Å². The molecule has 0 spiro atoms. The van der Waals surface area contributed by atoms with Crippen molar-refractivity contribution in [1.29, 1.82) is 0 Å². The summed E-state index contributed by atoms with van der Waals surface area (Å²) in [4.78, 5) is 0. The van der Waals surface area contributed by atoms with Gasteiger partial charge in [-0.3, -0.25) is 0 Å². The molecule has 0 unspecified atom stereocenters. The van der Waals surface area contributed by atoms with Crippen molar-refractivity contribution >= 4 is 0 Å². The van der Waals surface area contributed by atoms with Crippen LogP contribution in [0.25, 0.3) is 11.1 Å². The van der Waals surface area contributed by atoms with Crippen LogP contribution < -0.4 is 28.4 Å². The van der Waals surface area contributed by atoms with E-state index in [4.69, 9.17) is 28.4 Å². The van der Waals surface area contributed by atoms with Crippen LogP contribution in [-0.2, 0) is 39.6 Å². The minimum Gasteiger partial charge on any atom is -0.492 e. The Morgan fingerprint density at radius 2 is 0.673 bits per heavy atom. The minimum absolute atomic E-state index is 0.221. The van der Waals surface area contributed by atoms with Crippen LogP contribution in [0.4, 0.5) is 0 Å². The molecular weight excluding hydrogens is 656 g/mol. The molecule has 0 radical (unpaired) electrons. The summed E-state index contributed by atoms with van der Waals surface area (Å²) in [5.74, 6) is 2.03. The van der Waals surface area contributed by atoms with E-state index >= 15 is 0 Å². The van der Waals surface area contributed by atoms with E-state index in [2.05, 4.69) is 0 Å². The van der Waals surface area contributed by atoms with Crippen LogP contribution in [0.3, 0.4) is 0 Å². The van der Waals surface area contributed by atoms with Gasteiger partial charge in [0.05, 0.1) is 27.4 Å². The second-order valence-electron chi connectivity index (χ2n) is 12.0. The maximum absolute atomic E-state index is 10.9. The first-order valence-electron chi connectivity index (χ1n) is 17.0. The van der Waals surface area contributed by atoms with E-state index in [1.54, 1.807) is 12.1 Å². The Morgan fingerprint density at radius 1 is 0.385 bits per heavy atom. The molecule has 2 N–H and O–H groups in total. The van der Waals surface area contributed by atoms with Gasteiger partial charge in [0.1, 0.15) is 26.4 Å². The van der Waals surface area contributed by atoms with E-state index in [1.165, 1.54) is 14.2 Å². The first-order chi connectivity index (χ1) is 25.6. The molecule has 0 saturated heterocycles. The minimum atomic E-state index is -0.382. The van der Waals surface area contributed by atoms with E-state index in [0.29, 0.717) is 56.8 Å². The van der Waals surface area contributed by atoms with Gasteiger partial charge >= 0.3 is 0 Å². The predicted molar refractivity (Wildman–Crippen MR) is 200 cm³/mol. The van der Waals surface area contributed by atoms with Gasteiger partial charge in [-0.15, -0.1) is 0 Å². The maximum Gasteiger partial charge on any atom is 0.204 e. The van der Waals surface area contributed by atoms with Gasteiger partial charge in [-0.2, -0.15) is 0 Å². The lowest BCUT2D eigenvalue weighted by Gasteiger charge is -2.25. The van der Waals surface area contributed by atoms with Crippen LogP contribution >= 0.6 is 0 Å². The van der Waals surface area contributed by atoms with E-state index in [9.17, 15) is 10.2 Å². The molecule has 0 aliphatic carbocycles. The summed E-state index contributed by atoms with van der Waals surface area (Å²) in [6.07, 6.45) is 0. The highest BCUT2D eigenvalue weighted by atomic mass is 16.5. The molecule has 0 atom stereocenters. The molecule has 0 amide bonds. The lowest BCUT2D eigenvalue weighted by molar-refractivity contribution is 0.239. The molecule has 0 bridgehead atoms. The molecule has 6 aromatic carbocycles. The number of methoxy groups -OCH3 is 2. The van der Waals surface area contributed by atoms with E-state index < -0.39 is 0 Å². The van der Waals surface area contributed by atoms with Crippen molar-refractivity contribution in [2.24, 2.45) is 0 Å². The van der Waals surface area contributed by atoms with Gasteiger partial charge < -0.3 is 38.6 Å². The molecule has 0 aliphatic rings. The highest BCUT2D eigenvalue weighted by Gasteiger charge is 2.30. The van der Waals surface area contributed by atoms with Gasteiger partial charge in [0.15, 0.2) is 23.0 Å². The lowest BCUT2D eigenvalue weighted by atomic mass is 9.92. The third-order valence-corrected chi connectivity index (χ3v) is 8.49. The highest BCUT2D eigenvalue weighted by molar-refractivity contribution is 5.88. The second-order valence-corrected chi connectivity index (χ2v) is 12.0. The molecule has 0 fully saturated rings. The number of aliphatic hydroxyl groups is 2. The third-order valence-electron chi connectivity index (χ3n) is 8.49. The number of rotatable bonds is 17. The Balaban J connectivity index is 1.52. The molecule has 6 rings (SSSR count). The van der Waals surface area contributed by atoms with Gasteiger partial charge in [0.25, 0.3) is 0 Å². The average Bonchev–Trinajstić information content (AvgIpc) is 3.21. The Hall–Kier alpha value is -5.96. The summed E-state index contributed by atoms with van der Waals surface area (Å²) in [5.41, 5.74) is 5.65. The Morgan fingerprint density at radius 3 is 0.942 bits per heavy atom. The van der Waals surface area contributed by atoms with E-state index in [-0.39, 0.29) is 39.6 Å². The van der Waals surface area contributed by atoms with E-state index in [1.807, 2.05) is 121 Å². The molecule has 52 heavy (non-hydrogen) atoms. The third kappa shape index (κ3) is 8.49. The van der Waals surface area contributed by atoms with Gasteiger partial charge in [-0.05, 0) is 45.5 Å². The Bertz CT molecular complexity index is 1870. The summed E-state index contributed by atoms with van der Waals surface area (Å²) in [6.45, 7) is 0.189. The van der Waals surface area contributed by atoms with Crippen molar-refractivity contribution in [3.05, 3.63) is 167 Å². The summed E-state index contributed by atoms with van der Waals surface area (Å²) in [5, 5.41) is 21.8. The second kappa shape index (κ2) is 17.8. The Labute approximate surface area is 304 Å². The molecule has 8 nitrogen and oxygen atoms in total. The van der Waals surface area contributed by atoms with Crippen molar-refractivity contribution in [1.82, 2.24) is 0 Å². The van der Waals surface area contributed by atoms with Gasteiger partial charge in [0, 0.05) is 11.1 Å². The molecule has 266 valence electrons. The van der Waals surface area contributed by atoms with Crippen molar-refractivity contribution < 1.29 is 38.6 Å². The quantitative estimate of drug-likeness (QED) is 0.0978. The summed E-state index contributed by atoms with van der Waals surface area (Å²) >= 11 is 0. The van der Waals surface area contributed by atoms with Gasteiger partial charge in [-0.25, -0.2) is 0 Å². The van der Waals surface area contributed by atoms with Crippen molar-refractivity contribution in [3.63, 3.8) is 0 Å². The van der Waals surface area contributed by atoms with Gasteiger partial charge in [0.2, 0.25) is 11.5 Å². The number of hydrogen-bond acceptors (Lipinski definition) is 8. The standard InChI is InChI=1S/C44H42O8/c1-47-43-39(35(25-45)23-37(49-27-31-15-7-3-8-16-31)41(43)51-29-33-19-11-5-12-20-33)40-36(26-46)24-38(50-28-32-17-9-4-10-18-32)42(44(40)48-2)52-30-34-21-13-6-14-22-34/h3-24,45-46H,25-30H2,1-2H3. The zero-order chi connectivity index (χ0) is 36.1. The number of aliphatic hydroxyl groups excluding tert-OH is 2. The number of hydrogen-bond donors (Lipinski definition) is 2. The number of ether oxygens (including phenoxy) is 6. The van der Waals surface area contributed by atoms with Crippen LogP contribution in [0.1, 0.15) is 33.4 Å². The molecule has 0 aromatic heterocycles. The summed E-state index contributed by atoms with van der Waals surface area (Å²) in [6, 6.07) is 42.6. The molecule has 6 aromatic rings. The monoisotopic (exact) mass is 698 g/mol. The fourth-order valence-electron chi connectivity index (χ4n) is 5.94. The molecule has 0 saturated carbocycles. The normalized spacial score (nSPS) is 10.8. The van der Waals surface area contributed by atoms with Crippen LogP contribution in [0.2, 0.25) is 0 Å². The number of benzene rings is 6. The molecular formula is C44H42O8. The fraction of sp³-hybridized carbons (Fsp3) is 0.182. The molecule has 0 heterocycles. The fourth-order valence-corrected chi connectivity index (χ4v) is 5.94. The zero-order valence-electron chi connectivity index (χ0n) is 29.3. The highest BCUT2D eigenvalue weighted by Crippen LogP contribution is 2.55. The topological polar surface area (TPSA) is 95.8 Å². The smallest absolute Gasteiger partial charge is 0.204 e. The van der Waals surface area contributed by atoms with Crippen LogP contribution in [0.5, 0.6) is 34.5 Å². The largest absolute Gasteiger partial charge is 0.492 e. The maximum atomic E-state index is 10.9. The van der Waals surface area contributed by atoms with Crippen LogP contribution in [-0.4, -0.2) is 24.4 Å². The summed E-state index contributed by atoms with van der Waals surface area (Å²) in [7, 11) is 3.07. The molecule has 0 aliphatic heterocycles. The van der Waals surface area contributed by atoms with Crippen molar-refractivity contribution in [3.8, 4) is 45.6 Å². The zero-order valence-corrected chi connectivity index (χ0v) is 29.3. The lowest BCUT2D eigenvalue weighted by Crippen LogP contribution is -2.09. The average molecular weight is 699 g/mol. The van der Waals surface area contributed by atoms with Gasteiger partial charge in [-0.1, -0.05) is 121 Å². The molecule has 8 heteroatoms. The first-order valence-corrected chi connectivity index (χ1v) is 17.0. The SMILES string of the molecule is COc1c(OCc2ccccc2)c(OCc2ccccc2)cc(CO)c1-c1c(CO)cc(OCc2ccccc2)c(OCc2ccccc2)c1OC. The Kier molecular flexibility index (Phi) is 12.3. The van der Waals surface area contributed by atoms with E-state index in [0.717, 1.165) is 22.3 Å².